The van der Waals surface area contributed by atoms with E-state index in [1.54, 1.807) is 7.11 Å². The van der Waals surface area contributed by atoms with Crippen molar-refractivity contribution in [1.29, 1.82) is 0 Å². The van der Waals surface area contributed by atoms with E-state index in [1.807, 2.05) is 18.2 Å². The molecule has 0 aromatic heterocycles. The first kappa shape index (κ1) is 17.1. The minimum atomic E-state index is 0. The molecule has 1 heterocycles. The van der Waals surface area contributed by atoms with Gasteiger partial charge in [-0.25, -0.2) is 0 Å². The monoisotopic (exact) mass is 324 g/mol. The minimum Gasteiger partial charge on any atom is -0.496 e. The number of methoxy groups -OCH3 is 1. The maximum atomic E-state index is 12.8. The number of rotatable bonds is 3. The van der Waals surface area contributed by atoms with Gasteiger partial charge in [0.05, 0.1) is 13.2 Å². The van der Waals surface area contributed by atoms with E-state index in [1.165, 1.54) is 12.8 Å². The Bertz CT molecular complexity index is 503. The van der Waals surface area contributed by atoms with E-state index in [4.69, 9.17) is 4.74 Å². The van der Waals surface area contributed by atoms with Crippen LogP contribution in [0.3, 0.4) is 0 Å². The normalized spacial score (nSPS) is 22.2. The molecular weight excluding hydrogens is 300 g/mol. The lowest BCUT2D eigenvalue weighted by atomic mass is 9.98. The Morgan fingerprint density at radius 2 is 2.00 bits per heavy atom. The molecule has 0 radical (unpaired) electrons. The van der Waals surface area contributed by atoms with Gasteiger partial charge in [0.15, 0.2) is 0 Å². The van der Waals surface area contributed by atoms with Crippen LogP contribution >= 0.6 is 12.4 Å². The van der Waals surface area contributed by atoms with Crippen LogP contribution in [0.5, 0.6) is 5.75 Å². The smallest absolute Gasteiger partial charge is 0.226 e. The van der Waals surface area contributed by atoms with Gasteiger partial charge in [-0.05, 0) is 18.9 Å². The predicted molar refractivity (Wildman–Crippen MR) is 89.5 cm³/mol. The molecule has 1 atom stereocenters. The average molecular weight is 325 g/mol. The molecule has 1 aliphatic carbocycles. The van der Waals surface area contributed by atoms with Gasteiger partial charge in [0.25, 0.3) is 0 Å². The molecule has 1 unspecified atom stereocenters. The number of hydrogen-bond acceptors (Lipinski definition) is 3. The number of halogens is 1. The number of carbonyl (C=O) groups is 1. The van der Waals surface area contributed by atoms with E-state index in [0.717, 1.165) is 43.8 Å². The number of hydrogen-bond donors (Lipinski definition) is 1. The van der Waals surface area contributed by atoms with Crippen molar-refractivity contribution in [3.05, 3.63) is 29.8 Å². The maximum absolute atomic E-state index is 12.8. The van der Waals surface area contributed by atoms with Gasteiger partial charge >= 0.3 is 0 Å². The Morgan fingerprint density at radius 1 is 1.27 bits per heavy atom. The van der Waals surface area contributed by atoms with E-state index in [-0.39, 0.29) is 24.4 Å². The largest absolute Gasteiger partial charge is 0.496 e. The van der Waals surface area contributed by atoms with Crippen molar-refractivity contribution in [2.24, 2.45) is 5.92 Å². The number of para-hydroxylation sites is 1. The summed E-state index contributed by atoms with van der Waals surface area (Å²) in [5.41, 5.74) is 1.11. The third kappa shape index (κ3) is 3.39. The van der Waals surface area contributed by atoms with Crippen LogP contribution in [-0.2, 0) is 4.79 Å². The molecule has 1 aliphatic heterocycles. The van der Waals surface area contributed by atoms with Crippen LogP contribution in [0.25, 0.3) is 0 Å². The molecule has 3 rings (SSSR count). The molecular formula is C17H25ClN2O2. The first-order valence-electron chi connectivity index (χ1n) is 7.95. The third-order valence-corrected chi connectivity index (χ3v) is 4.73. The van der Waals surface area contributed by atoms with Gasteiger partial charge in [0, 0.05) is 31.1 Å². The van der Waals surface area contributed by atoms with Gasteiger partial charge in [-0.15, -0.1) is 12.4 Å². The molecule has 2 aliphatic rings. The second-order valence-electron chi connectivity index (χ2n) is 5.97. The quantitative estimate of drug-likeness (QED) is 0.929. The minimum absolute atomic E-state index is 0. The predicted octanol–water partition coefficient (Wildman–Crippen LogP) is 2.78. The summed E-state index contributed by atoms with van der Waals surface area (Å²) in [7, 11) is 1.69. The molecule has 4 nitrogen and oxygen atoms in total. The van der Waals surface area contributed by atoms with Gasteiger partial charge in [-0.3, -0.25) is 4.79 Å². The standard InChI is InChI=1S/C17H24N2O2.ClH/c1-21-16-9-5-4-8-14(16)15-12-18-10-11-19(15)17(20)13-6-2-3-7-13;/h4-5,8-9,13,15,18H,2-3,6-7,10-12H2,1H3;1H. The first-order valence-corrected chi connectivity index (χ1v) is 7.95. The Balaban J connectivity index is 0.00000176. The second-order valence-corrected chi connectivity index (χ2v) is 5.97. The molecule has 2 fully saturated rings. The number of nitrogens with one attached hydrogen (secondary N) is 1. The fraction of sp³-hybridized carbons (Fsp3) is 0.588. The molecule has 0 bridgehead atoms. The van der Waals surface area contributed by atoms with Crippen LogP contribution in [0.15, 0.2) is 24.3 Å². The number of nitrogens with zero attached hydrogens (tertiary/aromatic N) is 1. The van der Waals surface area contributed by atoms with Gasteiger partial charge in [-0.1, -0.05) is 31.0 Å². The van der Waals surface area contributed by atoms with E-state index in [9.17, 15) is 4.79 Å². The van der Waals surface area contributed by atoms with Crippen molar-refractivity contribution in [1.82, 2.24) is 10.2 Å². The molecule has 22 heavy (non-hydrogen) atoms. The lowest BCUT2D eigenvalue weighted by molar-refractivity contribution is -0.138. The molecule has 1 saturated carbocycles. The zero-order valence-corrected chi connectivity index (χ0v) is 13.9. The summed E-state index contributed by atoms with van der Waals surface area (Å²) in [6.07, 6.45) is 4.51. The van der Waals surface area contributed by atoms with Crippen molar-refractivity contribution >= 4 is 18.3 Å². The molecule has 0 spiro atoms. The summed E-state index contributed by atoms with van der Waals surface area (Å²) in [6.45, 7) is 2.47. The number of carbonyl (C=O) groups excluding carboxylic acids is 1. The summed E-state index contributed by atoms with van der Waals surface area (Å²) < 4.78 is 5.49. The lowest BCUT2D eigenvalue weighted by Crippen LogP contribution is -2.50. The lowest BCUT2D eigenvalue weighted by Gasteiger charge is -2.38. The van der Waals surface area contributed by atoms with Crippen LogP contribution in [0.4, 0.5) is 0 Å². The first-order chi connectivity index (χ1) is 10.3. The van der Waals surface area contributed by atoms with E-state index < -0.39 is 0 Å². The van der Waals surface area contributed by atoms with Gasteiger partial charge in [0.1, 0.15) is 5.75 Å². The maximum Gasteiger partial charge on any atom is 0.226 e. The van der Waals surface area contributed by atoms with Gasteiger partial charge < -0.3 is 15.0 Å². The van der Waals surface area contributed by atoms with E-state index in [0.29, 0.717) is 5.91 Å². The van der Waals surface area contributed by atoms with Crippen LogP contribution < -0.4 is 10.1 Å². The number of amides is 1. The highest BCUT2D eigenvalue weighted by molar-refractivity contribution is 5.85. The number of piperazine rings is 1. The molecule has 1 aromatic rings. The summed E-state index contributed by atoms with van der Waals surface area (Å²) >= 11 is 0. The van der Waals surface area contributed by atoms with Gasteiger partial charge in [-0.2, -0.15) is 0 Å². The van der Waals surface area contributed by atoms with Crippen molar-refractivity contribution in [2.45, 2.75) is 31.7 Å². The summed E-state index contributed by atoms with van der Waals surface area (Å²) in [4.78, 5) is 14.9. The van der Waals surface area contributed by atoms with Crippen LogP contribution in [0.1, 0.15) is 37.3 Å². The molecule has 1 saturated heterocycles. The summed E-state index contributed by atoms with van der Waals surface area (Å²) in [5, 5.41) is 3.41. The Labute approximate surface area is 138 Å². The van der Waals surface area contributed by atoms with Crippen LogP contribution in [-0.4, -0.2) is 37.6 Å². The molecule has 1 aromatic carbocycles. The molecule has 1 N–H and O–H groups in total. The highest BCUT2D eigenvalue weighted by atomic mass is 35.5. The number of benzene rings is 1. The average Bonchev–Trinajstić information content (AvgIpc) is 3.08. The van der Waals surface area contributed by atoms with Crippen molar-refractivity contribution in [2.75, 3.05) is 26.7 Å². The fourth-order valence-electron chi connectivity index (χ4n) is 3.59. The van der Waals surface area contributed by atoms with E-state index >= 15 is 0 Å². The second kappa shape index (κ2) is 7.84. The highest BCUT2D eigenvalue weighted by Gasteiger charge is 2.34. The van der Waals surface area contributed by atoms with Crippen LogP contribution in [0, 0.1) is 5.92 Å². The zero-order chi connectivity index (χ0) is 14.7. The van der Waals surface area contributed by atoms with Crippen molar-refractivity contribution in [3.8, 4) is 5.75 Å². The van der Waals surface area contributed by atoms with Crippen LogP contribution in [0.2, 0.25) is 0 Å². The molecule has 122 valence electrons. The topological polar surface area (TPSA) is 41.6 Å². The molecule has 5 heteroatoms. The fourth-order valence-corrected chi connectivity index (χ4v) is 3.59. The zero-order valence-electron chi connectivity index (χ0n) is 13.1. The van der Waals surface area contributed by atoms with E-state index in [2.05, 4.69) is 16.3 Å². The van der Waals surface area contributed by atoms with Crippen molar-refractivity contribution in [3.63, 3.8) is 0 Å². The summed E-state index contributed by atoms with van der Waals surface area (Å²) in [6, 6.07) is 8.13. The Morgan fingerprint density at radius 3 is 2.73 bits per heavy atom. The number of ether oxygens (including phenoxy) is 1. The molecule has 1 amide bonds. The summed E-state index contributed by atoms with van der Waals surface area (Å²) in [5.74, 6) is 1.45. The third-order valence-electron chi connectivity index (χ3n) is 4.73. The van der Waals surface area contributed by atoms with Gasteiger partial charge in [0.2, 0.25) is 5.91 Å². The van der Waals surface area contributed by atoms with Crippen molar-refractivity contribution < 1.29 is 9.53 Å². The highest BCUT2D eigenvalue weighted by Crippen LogP contribution is 2.34. The Hall–Kier alpha value is -1.26. The Kier molecular flexibility index (Phi) is 6.09. The SMILES string of the molecule is COc1ccccc1C1CNCCN1C(=O)C1CCCC1.Cl.